The van der Waals surface area contributed by atoms with Gasteiger partial charge in [-0.25, -0.2) is 4.98 Å². The Labute approximate surface area is 150 Å². The molecule has 1 atom stereocenters. The van der Waals surface area contributed by atoms with E-state index in [0.717, 1.165) is 37.5 Å². The van der Waals surface area contributed by atoms with Gasteiger partial charge in [0.15, 0.2) is 0 Å². The lowest BCUT2D eigenvalue weighted by Crippen LogP contribution is -2.49. The fourth-order valence-electron chi connectivity index (χ4n) is 3.94. The van der Waals surface area contributed by atoms with Crippen LogP contribution in [0.5, 0.6) is 0 Å². The van der Waals surface area contributed by atoms with Crippen molar-refractivity contribution < 1.29 is 17.6 Å². The van der Waals surface area contributed by atoms with Crippen LogP contribution in [0.4, 0.5) is 13.2 Å². The molecule has 2 aliphatic heterocycles. The monoisotopic (exact) mass is 365 g/mol. The summed E-state index contributed by atoms with van der Waals surface area (Å²) in [6.45, 7) is 6.78. The van der Waals surface area contributed by atoms with Gasteiger partial charge in [0.05, 0.1) is 11.3 Å². The molecule has 1 aromatic heterocycles. The number of alkyl halides is 3. The number of hydrogen-bond acceptors (Lipinski definition) is 4. The van der Waals surface area contributed by atoms with Gasteiger partial charge < -0.3 is 4.42 Å². The van der Waals surface area contributed by atoms with E-state index < -0.39 is 11.7 Å². The summed E-state index contributed by atoms with van der Waals surface area (Å²) in [7, 11) is 0. The molecule has 4 rings (SSSR count). The van der Waals surface area contributed by atoms with Gasteiger partial charge in [0.1, 0.15) is 5.76 Å². The van der Waals surface area contributed by atoms with Crippen LogP contribution in [0.15, 0.2) is 28.7 Å². The van der Waals surface area contributed by atoms with Crippen LogP contribution in [0, 0.1) is 6.92 Å². The van der Waals surface area contributed by atoms with E-state index in [1.165, 1.54) is 25.5 Å². The second-order valence-corrected chi connectivity index (χ2v) is 7.17. The minimum Gasteiger partial charge on any atom is -0.441 e. The lowest BCUT2D eigenvalue weighted by Gasteiger charge is -2.37. The van der Waals surface area contributed by atoms with Crippen molar-refractivity contribution in [2.24, 2.45) is 0 Å². The Morgan fingerprint density at radius 3 is 2.88 bits per heavy atom. The maximum atomic E-state index is 12.9. The average Bonchev–Trinajstić information content (AvgIpc) is 3.21. The molecule has 2 saturated heterocycles. The summed E-state index contributed by atoms with van der Waals surface area (Å²) in [6, 6.07) is 5.75. The number of aromatic nitrogens is 1. The number of piperazine rings is 1. The maximum absolute atomic E-state index is 12.9. The van der Waals surface area contributed by atoms with Crippen LogP contribution in [-0.2, 0) is 12.7 Å². The highest BCUT2D eigenvalue weighted by Gasteiger charge is 2.32. The predicted molar refractivity (Wildman–Crippen MR) is 91.6 cm³/mol. The van der Waals surface area contributed by atoms with Crippen molar-refractivity contribution >= 4 is 0 Å². The summed E-state index contributed by atoms with van der Waals surface area (Å²) in [4.78, 5) is 9.40. The van der Waals surface area contributed by atoms with Crippen molar-refractivity contribution in [3.63, 3.8) is 0 Å². The normalized spacial score (nSPS) is 21.9. The van der Waals surface area contributed by atoms with Crippen LogP contribution < -0.4 is 0 Å². The van der Waals surface area contributed by atoms with Crippen molar-refractivity contribution in [3.8, 4) is 11.5 Å². The standard InChI is InChI=1S/C19H22F3N3O/c1-13-17(12-24-8-9-25-7-3-6-16(25)11-24)23-18(26-13)14-4-2-5-15(10-14)19(20,21)22/h2,4-5,10,16H,3,6-9,11-12H2,1H3/t16-/m1/s1. The first-order chi connectivity index (χ1) is 12.4. The number of nitrogens with zero attached hydrogens (tertiary/aromatic N) is 3. The second kappa shape index (κ2) is 6.70. The first-order valence-electron chi connectivity index (χ1n) is 9.00. The van der Waals surface area contributed by atoms with Crippen molar-refractivity contribution in [1.29, 1.82) is 0 Å². The molecule has 2 fully saturated rings. The quantitative estimate of drug-likeness (QED) is 0.825. The summed E-state index contributed by atoms with van der Waals surface area (Å²) in [5.74, 6) is 0.925. The summed E-state index contributed by atoms with van der Waals surface area (Å²) in [5, 5.41) is 0. The highest BCUT2D eigenvalue weighted by molar-refractivity contribution is 5.55. The summed E-state index contributed by atoms with van der Waals surface area (Å²) in [5.41, 5.74) is 0.475. The SMILES string of the molecule is Cc1oc(-c2cccc(C(F)(F)F)c2)nc1CN1CCN2CCC[C@@H]2C1. The molecule has 0 saturated carbocycles. The largest absolute Gasteiger partial charge is 0.441 e. The highest BCUT2D eigenvalue weighted by Crippen LogP contribution is 2.32. The fraction of sp³-hybridized carbons (Fsp3) is 0.526. The third-order valence-electron chi connectivity index (χ3n) is 5.37. The van der Waals surface area contributed by atoms with Crippen LogP contribution in [0.25, 0.3) is 11.5 Å². The molecule has 2 aromatic rings. The van der Waals surface area contributed by atoms with E-state index in [2.05, 4.69) is 14.8 Å². The molecule has 0 spiro atoms. The Morgan fingerprint density at radius 2 is 2.08 bits per heavy atom. The van der Waals surface area contributed by atoms with Gasteiger partial charge in [-0.1, -0.05) is 6.07 Å². The van der Waals surface area contributed by atoms with E-state index in [9.17, 15) is 13.2 Å². The van der Waals surface area contributed by atoms with Crippen LogP contribution in [0.2, 0.25) is 0 Å². The van der Waals surface area contributed by atoms with Crippen molar-refractivity contribution in [1.82, 2.24) is 14.8 Å². The first-order valence-corrected chi connectivity index (χ1v) is 9.00. The molecule has 0 N–H and O–H groups in total. The molecule has 4 nitrogen and oxygen atoms in total. The predicted octanol–water partition coefficient (Wildman–Crippen LogP) is 3.95. The molecule has 0 radical (unpaired) electrons. The number of benzene rings is 1. The van der Waals surface area contributed by atoms with E-state index in [-0.39, 0.29) is 5.89 Å². The zero-order valence-corrected chi connectivity index (χ0v) is 14.7. The van der Waals surface area contributed by atoms with Gasteiger partial charge in [-0.2, -0.15) is 13.2 Å². The number of oxazole rings is 1. The van der Waals surface area contributed by atoms with Crippen LogP contribution >= 0.6 is 0 Å². The van der Waals surface area contributed by atoms with Crippen LogP contribution in [0.1, 0.15) is 29.9 Å². The molecular weight excluding hydrogens is 343 g/mol. The third-order valence-corrected chi connectivity index (χ3v) is 5.37. The molecule has 0 unspecified atom stereocenters. The molecule has 3 heterocycles. The van der Waals surface area contributed by atoms with Gasteiger partial charge in [0.25, 0.3) is 0 Å². The Kier molecular flexibility index (Phi) is 4.52. The number of aryl methyl sites for hydroxylation is 1. The Morgan fingerprint density at radius 1 is 1.23 bits per heavy atom. The molecule has 0 aliphatic carbocycles. The third kappa shape index (κ3) is 3.50. The van der Waals surface area contributed by atoms with Gasteiger partial charge in [-0.05, 0) is 44.5 Å². The fourth-order valence-corrected chi connectivity index (χ4v) is 3.94. The minimum atomic E-state index is -4.37. The van der Waals surface area contributed by atoms with Gasteiger partial charge in [0.2, 0.25) is 5.89 Å². The molecule has 7 heteroatoms. The lowest BCUT2D eigenvalue weighted by molar-refractivity contribution is -0.137. The van der Waals surface area contributed by atoms with Gasteiger partial charge in [0, 0.05) is 37.8 Å². The summed E-state index contributed by atoms with van der Waals surface area (Å²) in [6.07, 6.45) is -1.87. The lowest BCUT2D eigenvalue weighted by atomic mass is 10.1. The maximum Gasteiger partial charge on any atom is 0.416 e. The van der Waals surface area contributed by atoms with E-state index in [1.54, 1.807) is 6.07 Å². The average molecular weight is 365 g/mol. The van der Waals surface area contributed by atoms with E-state index in [1.807, 2.05) is 6.92 Å². The molecule has 0 bridgehead atoms. The number of fused-ring (bicyclic) bond motifs is 1. The number of hydrogen-bond donors (Lipinski definition) is 0. The van der Waals surface area contributed by atoms with E-state index >= 15 is 0 Å². The van der Waals surface area contributed by atoms with Gasteiger partial charge in [-0.15, -0.1) is 0 Å². The first kappa shape index (κ1) is 17.5. The Bertz CT molecular complexity index is 787. The Balaban J connectivity index is 1.51. The summed E-state index contributed by atoms with van der Waals surface area (Å²) < 4.78 is 44.4. The van der Waals surface area contributed by atoms with E-state index in [4.69, 9.17) is 4.42 Å². The number of rotatable bonds is 3. The minimum absolute atomic E-state index is 0.253. The molecule has 26 heavy (non-hydrogen) atoms. The van der Waals surface area contributed by atoms with Crippen molar-refractivity contribution in [2.45, 2.75) is 38.5 Å². The van der Waals surface area contributed by atoms with Crippen LogP contribution in [-0.4, -0.2) is 47.0 Å². The Hall–Kier alpha value is -1.86. The molecule has 0 amide bonds. The van der Waals surface area contributed by atoms with Crippen molar-refractivity contribution in [2.75, 3.05) is 26.2 Å². The van der Waals surface area contributed by atoms with Crippen molar-refractivity contribution in [3.05, 3.63) is 41.3 Å². The number of halogens is 3. The molecule has 1 aromatic carbocycles. The topological polar surface area (TPSA) is 32.5 Å². The summed E-state index contributed by atoms with van der Waals surface area (Å²) >= 11 is 0. The molecular formula is C19H22F3N3O. The van der Waals surface area contributed by atoms with E-state index in [0.29, 0.717) is 23.9 Å². The van der Waals surface area contributed by atoms with Gasteiger partial charge >= 0.3 is 6.18 Å². The smallest absolute Gasteiger partial charge is 0.416 e. The second-order valence-electron chi connectivity index (χ2n) is 7.17. The zero-order valence-electron chi connectivity index (χ0n) is 14.7. The molecule has 140 valence electrons. The highest BCUT2D eigenvalue weighted by atomic mass is 19.4. The zero-order chi connectivity index (χ0) is 18.3. The van der Waals surface area contributed by atoms with Gasteiger partial charge in [-0.3, -0.25) is 9.80 Å². The molecule has 2 aliphatic rings. The van der Waals surface area contributed by atoms with Crippen LogP contribution in [0.3, 0.4) is 0 Å².